The number of anilines is 2. The van der Waals surface area contributed by atoms with Gasteiger partial charge in [0.15, 0.2) is 5.82 Å². The summed E-state index contributed by atoms with van der Waals surface area (Å²) in [6, 6.07) is 18.9. The number of hydrogen-bond donors (Lipinski definition) is 2. The molecule has 1 aromatic heterocycles. The number of nitrogens with one attached hydrogen (secondary N) is 2. The first-order valence-corrected chi connectivity index (χ1v) is 8.83. The lowest BCUT2D eigenvalue weighted by atomic mass is 10.2. The molecular weight excluding hydrogens is 348 g/mol. The Kier molecular flexibility index (Phi) is 4.54. The Morgan fingerprint density at radius 3 is 2.54 bits per heavy atom. The second-order valence-electron chi connectivity index (χ2n) is 6.21. The van der Waals surface area contributed by atoms with Gasteiger partial charge in [-0.05, 0) is 31.0 Å². The molecular formula is C20H17ClN4O. The van der Waals surface area contributed by atoms with E-state index in [-0.39, 0.29) is 11.9 Å². The molecule has 1 heterocycles. The van der Waals surface area contributed by atoms with Crippen LogP contribution in [-0.2, 0) is 0 Å². The zero-order chi connectivity index (χ0) is 17.9. The van der Waals surface area contributed by atoms with Gasteiger partial charge < -0.3 is 10.6 Å². The fraction of sp³-hybridized carbons (Fsp3) is 0.150. The van der Waals surface area contributed by atoms with Crippen LogP contribution in [0.2, 0.25) is 5.02 Å². The summed E-state index contributed by atoms with van der Waals surface area (Å²) in [5.74, 6) is 0.863. The number of amides is 1. The summed E-state index contributed by atoms with van der Waals surface area (Å²) in [7, 11) is 0. The van der Waals surface area contributed by atoms with Crippen molar-refractivity contribution < 1.29 is 4.79 Å². The Morgan fingerprint density at radius 1 is 1.00 bits per heavy atom. The van der Waals surface area contributed by atoms with Crippen LogP contribution in [0.5, 0.6) is 0 Å². The third kappa shape index (κ3) is 4.00. The van der Waals surface area contributed by atoms with E-state index in [1.807, 2.05) is 42.5 Å². The zero-order valence-electron chi connectivity index (χ0n) is 13.9. The van der Waals surface area contributed by atoms with Crippen molar-refractivity contribution in [3.05, 3.63) is 71.4 Å². The quantitative estimate of drug-likeness (QED) is 0.702. The van der Waals surface area contributed by atoms with Gasteiger partial charge in [0.05, 0.1) is 0 Å². The van der Waals surface area contributed by atoms with Crippen LogP contribution in [0, 0.1) is 0 Å². The summed E-state index contributed by atoms with van der Waals surface area (Å²) in [6.07, 6.45) is 2.05. The van der Waals surface area contributed by atoms with E-state index >= 15 is 0 Å². The maximum Gasteiger partial charge on any atom is 0.270 e. The van der Waals surface area contributed by atoms with Crippen molar-refractivity contribution >= 4 is 29.0 Å². The summed E-state index contributed by atoms with van der Waals surface area (Å²) in [4.78, 5) is 21.5. The fourth-order valence-corrected chi connectivity index (χ4v) is 2.74. The van der Waals surface area contributed by atoms with Crippen LogP contribution in [0.3, 0.4) is 0 Å². The average Bonchev–Trinajstić information content (AvgIpc) is 3.46. The van der Waals surface area contributed by atoms with E-state index in [0.29, 0.717) is 22.4 Å². The highest BCUT2D eigenvalue weighted by molar-refractivity contribution is 6.30. The van der Waals surface area contributed by atoms with Gasteiger partial charge in [0.1, 0.15) is 11.5 Å². The first-order chi connectivity index (χ1) is 12.7. The Balaban J connectivity index is 1.70. The Bertz CT molecular complexity index is 942. The van der Waals surface area contributed by atoms with Crippen molar-refractivity contribution in [2.24, 2.45) is 0 Å². The summed E-state index contributed by atoms with van der Waals surface area (Å²) in [5.41, 5.74) is 1.99. The van der Waals surface area contributed by atoms with Crippen LogP contribution < -0.4 is 10.6 Å². The van der Waals surface area contributed by atoms with Gasteiger partial charge in [-0.3, -0.25) is 4.79 Å². The van der Waals surface area contributed by atoms with Gasteiger partial charge in [0.25, 0.3) is 5.91 Å². The molecule has 3 aromatic rings. The summed E-state index contributed by atoms with van der Waals surface area (Å²) >= 11 is 6.05. The van der Waals surface area contributed by atoms with Crippen molar-refractivity contribution in [1.82, 2.24) is 15.3 Å². The second-order valence-corrected chi connectivity index (χ2v) is 6.65. The van der Waals surface area contributed by atoms with E-state index < -0.39 is 0 Å². The van der Waals surface area contributed by atoms with Crippen LogP contribution in [-0.4, -0.2) is 21.9 Å². The smallest absolute Gasteiger partial charge is 0.270 e. The molecule has 26 heavy (non-hydrogen) atoms. The molecule has 2 aromatic carbocycles. The minimum atomic E-state index is -0.179. The predicted octanol–water partition coefficient (Wildman–Crippen LogP) is 4.43. The highest BCUT2D eigenvalue weighted by atomic mass is 35.5. The molecule has 0 bridgehead atoms. The van der Waals surface area contributed by atoms with Crippen LogP contribution in [0.15, 0.2) is 60.7 Å². The van der Waals surface area contributed by atoms with E-state index in [1.165, 1.54) is 0 Å². The molecule has 0 unspecified atom stereocenters. The number of hydrogen-bond acceptors (Lipinski definition) is 4. The topological polar surface area (TPSA) is 66.9 Å². The normalized spacial score (nSPS) is 13.3. The molecule has 0 spiro atoms. The minimum absolute atomic E-state index is 0.179. The molecule has 130 valence electrons. The predicted molar refractivity (Wildman–Crippen MR) is 103 cm³/mol. The number of aromatic nitrogens is 2. The number of carbonyl (C=O) groups excluding carboxylic acids is 1. The largest absolute Gasteiger partial charge is 0.348 e. The fourth-order valence-electron chi connectivity index (χ4n) is 2.55. The molecule has 0 aliphatic heterocycles. The molecule has 6 heteroatoms. The lowest BCUT2D eigenvalue weighted by molar-refractivity contribution is 0.0946. The van der Waals surface area contributed by atoms with Gasteiger partial charge in [-0.1, -0.05) is 48.0 Å². The van der Waals surface area contributed by atoms with Gasteiger partial charge in [-0.2, -0.15) is 0 Å². The summed E-state index contributed by atoms with van der Waals surface area (Å²) < 4.78 is 0. The molecule has 4 rings (SSSR count). The van der Waals surface area contributed by atoms with Crippen molar-refractivity contribution in [2.75, 3.05) is 5.32 Å². The summed E-state index contributed by atoms with van der Waals surface area (Å²) in [5, 5.41) is 6.80. The molecule has 0 radical (unpaired) electrons. The standard InChI is InChI=1S/C20H17ClN4O/c21-14-7-4-8-16(11-14)22-18-12-17(20(26)23-15-9-10-15)24-19(25-18)13-5-2-1-3-6-13/h1-8,11-12,15H,9-10H2,(H,23,26)(H,22,24,25). The molecule has 0 atom stereocenters. The van der Waals surface area contributed by atoms with E-state index in [4.69, 9.17) is 11.6 Å². The molecule has 5 nitrogen and oxygen atoms in total. The first-order valence-electron chi connectivity index (χ1n) is 8.45. The zero-order valence-corrected chi connectivity index (χ0v) is 14.7. The number of benzene rings is 2. The van der Waals surface area contributed by atoms with Gasteiger partial charge in [-0.25, -0.2) is 9.97 Å². The van der Waals surface area contributed by atoms with Crippen molar-refractivity contribution in [1.29, 1.82) is 0 Å². The van der Waals surface area contributed by atoms with Crippen LogP contribution in [0.4, 0.5) is 11.5 Å². The molecule has 1 amide bonds. The Labute approximate surface area is 156 Å². The van der Waals surface area contributed by atoms with Crippen LogP contribution in [0.1, 0.15) is 23.3 Å². The molecule has 2 N–H and O–H groups in total. The van der Waals surface area contributed by atoms with Gasteiger partial charge in [0.2, 0.25) is 0 Å². The van der Waals surface area contributed by atoms with Crippen molar-refractivity contribution in [3.63, 3.8) is 0 Å². The van der Waals surface area contributed by atoms with Crippen LogP contribution >= 0.6 is 11.6 Å². The molecule has 1 fully saturated rings. The molecule has 1 aliphatic rings. The number of nitrogens with zero attached hydrogens (tertiary/aromatic N) is 2. The van der Waals surface area contributed by atoms with Crippen molar-refractivity contribution in [3.8, 4) is 11.4 Å². The summed E-state index contributed by atoms with van der Waals surface area (Å²) in [6.45, 7) is 0. The van der Waals surface area contributed by atoms with E-state index in [9.17, 15) is 4.79 Å². The number of halogens is 1. The monoisotopic (exact) mass is 364 g/mol. The lowest BCUT2D eigenvalue weighted by Crippen LogP contribution is -2.26. The van der Waals surface area contributed by atoms with E-state index in [0.717, 1.165) is 24.1 Å². The van der Waals surface area contributed by atoms with Crippen LogP contribution in [0.25, 0.3) is 11.4 Å². The maximum absolute atomic E-state index is 12.5. The second kappa shape index (κ2) is 7.14. The van der Waals surface area contributed by atoms with E-state index in [2.05, 4.69) is 20.6 Å². The minimum Gasteiger partial charge on any atom is -0.348 e. The highest BCUT2D eigenvalue weighted by Crippen LogP contribution is 2.24. The average molecular weight is 365 g/mol. The first kappa shape index (κ1) is 16.5. The van der Waals surface area contributed by atoms with Gasteiger partial charge in [0, 0.05) is 28.4 Å². The molecule has 0 saturated heterocycles. The van der Waals surface area contributed by atoms with E-state index in [1.54, 1.807) is 18.2 Å². The van der Waals surface area contributed by atoms with Crippen molar-refractivity contribution in [2.45, 2.75) is 18.9 Å². The van der Waals surface area contributed by atoms with Gasteiger partial charge in [-0.15, -0.1) is 0 Å². The third-order valence-electron chi connectivity index (χ3n) is 4.00. The Morgan fingerprint density at radius 2 is 1.81 bits per heavy atom. The molecule has 1 saturated carbocycles. The van der Waals surface area contributed by atoms with Gasteiger partial charge >= 0.3 is 0 Å². The Hall–Kier alpha value is -2.92. The number of rotatable bonds is 5. The lowest BCUT2D eigenvalue weighted by Gasteiger charge is -2.11. The third-order valence-corrected chi connectivity index (χ3v) is 4.24. The highest BCUT2D eigenvalue weighted by Gasteiger charge is 2.25. The molecule has 1 aliphatic carbocycles. The SMILES string of the molecule is O=C(NC1CC1)c1cc(Nc2cccc(Cl)c2)nc(-c2ccccc2)n1. The maximum atomic E-state index is 12.5. The number of carbonyl (C=O) groups is 1.